The van der Waals surface area contributed by atoms with Gasteiger partial charge in [0.15, 0.2) is 0 Å². The van der Waals surface area contributed by atoms with Crippen molar-refractivity contribution in [3.8, 4) is 0 Å². The van der Waals surface area contributed by atoms with E-state index < -0.39 is 0 Å². The number of hydrogen-bond donors (Lipinski definition) is 0. The van der Waals surface area contributed by atoms with Gasteiger partial charge < -0.3 is 0 Å². The zero-order valence-electron chi connectivity index (χ0n) is 13.1. The lowest BCUT2D eigenvalue weighted by Gasteiger charge is -2.14. The fourth-order valence-corrected chi connectivity index (χ4v) is 2.57. The molecular formula is C20H30. The standard InChI is InChI=1S/C20H30/c1-4-6-7-9-12-18(3)17-19(5-2)15-16-20-13-10-8-11-14-20/h5,8,10-11,13-14,19H,2-4,6-7,9,12,15-17H2,1H3/t19-/m1/s1. The Morgan fingerprint density at radius 1 is 1.15 bits per heavy atom. The Morgan fingerprint density at radius 2 is 1.90 bits per heavy atom. The topological polar surface area (TPSA) is 0 Å². The molecule has 0 N–H and O–H groups in total. The lowest BCUT2D eigenvalue weighted by molar-refractivity contribution is 0.564. The monoisotopic (exact) mass is 270 g/mol. The summed E-state index contributed by atoms with van der Waals surface area (Å²) in [6, 6.07) is 10.7. The second kappa shape index (κ2) is 10.5. The van der Waals surface area contributed by atoms with Crippen molar-refractivity contribution >= 4 is 0 Å². The normalized spacial score (nSPS) is 12.1. The second-order valence-electron chi connectivity index (χ2n) is 5.78. The largest absolute Gasteiger partial charge is 0.103 e. The minimum absolute atomic E-state index is 0.578. The van der Waals surface area contributed by atoms with Crippen LogP contribution in [0.2, 0.25) is 0 Å². The van der Waals surface area contributed by atoms with Crippen LogP contribution in [0, 0.1) is 5.92 Å². The summed E-state index contributed by atoms with van der Waals surface area (Å²) in [6.07, 6.45) is 12.0. The van der Waals surface area contributed by atoms with Crippen LogP contribution in [0.15, 0.2) is 55.1 Å². The Balaban J connectivity index is 2.25. The summed E-state index contributed by atoms with van der Waals surface area (Å²) in [5.74, 6) is 0.578. The lowest BCUT2D eigenvalue weighted by atomic mass is 9.91. The van der Waals surface area contributed by atoms with Crippen LogP contribution < -0.4 is 0 Å². The molecule has 0 nitrogen and oxygen atoms in total. The molecule has 1 aromatic carbocycles. The van der Waals surface area contributed by atoms with E-state index >= 15 is 0 Å². The maximum absolute atomic E-state index is 4.25. The molecule has 0 amide bonds. The smallest absolute Gasteiger partial charge is 0.0196 e. The van der Waals surface area contributed by atoms with E-state index in [1.807, 2.05) is 0 Å². The molecule has 0 aliphatic rings. The van der Waals surface area contributed by atoms with E-state index in [-0.39, 0.29) is 0 Å². The third-order valence-electron chi connectivity index (χ3n) is 3.91. The number of allylic oxidation sites excluding steroid dienone is 2. The zero-order valence-corrected chi connectivity index (χ0v) is 13.1. The predicted octanol–water partition coefficient (Wildman–Crippen LogP) is 6.34. The molecule has 1 rings (SSSR count). The van der Waals surface area contributed by atoms with Gasteiger partial charge in [-0.05, 0) is 43.6 Å². The second-order valence-corrected chi connectivity index (χ2v) is 5.78. The van der Waals surface area contributed by atoms with Gasteiger partial charge in [0.05, 0.1) is 0 Å². The molecule has 0 aliphatic heterocycles. The summed E-state index contributed by atoms with van der Waals surface area (Å²) >= 11 is 0. The Labute approximate surface area is 125 Å². The van der Waals surface area contributed by atoms with Gasteiger partial charge in [-0.1, -0.05) is 74.7 Å². The first-order valence-electron chi connectivity index (χ1n) is 8.09. The highest BCUT2D eigenvalue weighted by atomic mass is 14.1. The number of hydrogen-bond acceptors (Lipinski definition) is 0. The van der Waals surface area contributed by atoms with E-state index in [0.717, 1.165) is 12.8 Å². The minimum atomic E-state index is 0.578. The molecule has 0 saturated carbocycles. The van der Waals surface area contributed by atoms with Crippen LogP contribution in [0.3, 0.4) is 0 Å². The summed E-state index contributed by atoms with van der Waals surface area (Å²) in [4.78, 5) is 0. The quantitative estimate of drug-likeness (QED) is 0.325. The fraction of sp³-hybridized carbons (Fsp3) is 0.500. The van der Waals surface area contributed by atoms with Crippen LogP contribution in [0.1, 0.15) is 57.4 Å². The Morgan fingerprint density at radius 3 is 2.55 bits per heavy atom. The molecule has 0 aliphatic carbocycles. The molecule has 0 aromatic heterocycles. The maximum atomic E-state index is 4.25. The van der Waals surface area contributed by atoms with Gasteiger partial charge in [-0.3, -0.25) is 0 Å². The summed E-state index contributed by atoms with van der Waals surface area (Å²) in [7, 11) is 0. The van der Waals surface area contributed by atoms with Gasteiger partial charge in [-0.25, -0.2) is 0 Å². The van der Waals surface area contributed by atoms with E-state index in [0.29, 0.717) is 5.92 Å². The van der Waals surface area contributed by atoms with Gasteiger partial charge >= 0.3 is 0 Å². The molecule has 1 aromatic rings. The highest BCUT2D eigenvalue weighted by molar-refractivity contribution is 5.15. The highest BCUT2D eigenvalue weighted by Gasteiger charge is 2.07. The van der Waals surface area contributed by atoms with Crippen molar-refractivity contribution in [1.82, 2.24) is 0 Å². The minimum Gasteiger partial charge on any atom is -0.103 e. The van der Waals surface area contributed by atoms with Gasteiger partial charge in [0.25, 0.3) is 0 Å². The van der Waals surface area contributed by atoms with Crippen molar-refractivity contribution in [2.75, 3.05) is 0 Å². The van der Waals surface area contributed by atoms with Gasteiger partial charge in [0, 0.05) is 0 Å². The molecule has 1 atom stereocenters. The van der Waals surface area contributed by atoms with E-state index in [1.54, 1.807) is 0 Å². The molecule has 0 fully saturated rings. The summed E-state index contributed by atoms with van der Waals surface area (Å²) < 4.78 is 0. The zero-order chi connectivity index (χ0) is 14.6. The summed E-state index contributed by atoms with van der Waals surface area (Å²) in [5.41, 5.74) is 2.83. The Hall–Kier alpha value is -1.30. The molecule has 0 saturated heterocycles. The number of benzene rings is 1. The maximum Gasteiger partial charge on any atom is -0.0196 e. The van der Waals surface area contributed by atoms with Crippen LogP contribution in [0.5, 0.6) is 0 Å². The van der Waals surface area contributed by atoms with Crippen molar-refractivity contribution in [2.45, 2.75) is 58.3 Å². The van der Waals surface area contributed by atoms with Gasteiger partial charge in [0.1, 0.15) is 0 Å². The van der Waals surface area contributed by atoms with E-state index in [4.69, 9.17) is 0 Å². The molecule has 0 radical (unpaired) electrons. The van der Waals surface area contributed by atoms with E-state index in [2.05, 4.69) is 56.5 Å². The number of unbranched alkanes of at least 4 members (excludes halogenated alkanes) is 3. The predicted molar refractivity (Wildman–Crippen MR) is 91.0 cm³/mol. The van der Waals surface area contributed by atoms with Crippen molar-refractivity contribution in [3.05, 3.63) is 60.7 Å². The fourth-order valence-electron chi connectivity index (χ4n) is 2.57. The molecule has 0 spiro atoms. The van der Waals surface area contributed by atoms with Crippen LogP contribution in [0.4, 0.5) is 0 Å². The number of rotatable bonds is 11. The van der Waals surface area contributed by atoms with Crippen LogP contribution >= 0.6 is 0 Å². The van der Waals surface area contributed by atoms with Crippen molar-refractivity contribution in [3.63, 3.8) is 0 Å². The first kappa shape index (κ1) is 16.8. The highest BCUT2D eigenvalue weighted by Crippen LogP contribution is 2.21. The average molecular weight is 270 g/mol. The van der Waals surface area contributed by atoms with Crippen LogP contribution in [-0.4, -0.2) is 0 Å². The van der Waals surface area contributed by atoms with E-state index in [1.165, 1.54) is 49.7 Å². The Bertz CT molecular complexity index is 374. The summed E-state index contributed by atoms with van der Waals surface area (Å²) in [6.45, 7) is 10.5. The Kier molecular flexibility index (Phi) is 8.78. The van der Waals surface area contributed by atoms with Crippen LogP contribution in [-0.2, 0) is 6.42 Å². The van der Waals surface area contributed by atoms with Crippen molar-refractivity contribution in [1.29, 1.82) is 0 Å². The molecular weight excluding hydrogens is 240 g/mol. The molecule has 20 heavy (non-hydrogen) atoms. The van der Waals surface area contributed by atoms with Gasteiger partial charge in [-0.2, -0.15) is 0 Å². The average Bonchev–Trinajstić information content (AvgIpc) is 2.49. The van der Waals surface area contributed by atoms with Crippen molar-refractivity contribution < 1.29 is 0 Å². The molecule has 0 heteroatoms. The molecule has 0 heterocycles. The van der Waals surface area contributed by atoms with Crippen molar-refractivity contribution in [2.24, 2.45) is 5.92 Å². The number of aryl methyl sites for hydroxylation is 1. The SMILES string of the molecule is C=C[C@H](CCc1ccccc1)CC(=C)CCCCCC. The first-order chi connectivity index (χ1) is 9.76. The molecule has 0 bridgehead atoms. The van der Waals surface area contributed by atoms with Gasteiger partial charge in [0.2, 0.25) is 0 Å². The van der Waals surface area contributed by atoms with Gasteiger partial charge in [-0.15, -0.1) is 6.58 Å². The van der Waals surface area contributed by atoms with E-state index in [9.17, 15) is 0 Å². The lowest BCUT2D eigenvalue weighted by Crippen LogP contribution is -2.01. The first-order valence-corrected chi connectivity index (χ1v) is 8.09. The van der Waals surface area contributed by atoms with Crippen LogP contribution in [0.25, 0.3) is 0 Å². The molecule has 0 unspecified atom stereocenters. The molecule has 110 valence electrons. The summed E-state index contributed by atoms with van der Waals surface area (Å²) in [5, 5.41) is 0. The third kappa shape index (κ3) is 7.33. The third-order valence-corrected chi connectivity index (χ3v) is 3.91.